The van der Waals surface area contributed by atoms with Gasteiger partial charge in [0.15, 0.2) is 0 Å². The average molecular weight is 304 g/mol. The predicted molar refractivity (Wildman–Crippen MR) is 85.1 cm³/mol. The maximum Gasteiger partial charge on any atom is 0.135 e. The van der Waals surface area contributed by atoms with E-state index in [4.69, 9.17) is 4.42 Å². The van der Waals surface area contributed by atoms with Crippen LogP contribution in [-0.2, 0) is 0 Å². The summed E-state index contributed by atoms with van der Waals surface area (Å²) in [5.74, 6) is 2.00. The lowest BCUT2D eigenvalue weighted by molar-refractivity contribution is -0.289. The van der Waals surface area contributed by atoms with Crippen LogP contribution in [-0.4, -0.2) is 47.2 Å². The first kappa shape index (κ1) is 14.7. The molecule has 0 amide bonds. The van der Waals surface area contributed by atoms with Gasteiger partial charge in [0.2, 0.25) is 0 Å². The van der Waals surface area contributed by atoms with Gasteiger partial charge in [-0.3, -0.25) is 9.80 Å². The average Bonchev–Trinajstić information content (AvgIpc) is 2.96. The summed E-state index contributed by atoms with van der Waals surface area (Å²) in [5, 5.41) is 11.3. The molecule has 4 heteroatoms. The van der Waals surface area contributed by atoms with E-state index in [0.717, 1.165) is 31.9 Å². The van der Waals surface area contributed by atoms with Crippen molar-refractivity contribution in [1.82, 2.24) is 9.80 Å². The zero-order valence-electron chi connectivity index (χ0n) is 14.1. The first-order valence-electron chi connectivity index (χ1n) is 8.60. The van der Waals surface area contributed by atoms with Gasteiger partial charge in [-0.1, -0.05) is 27.7 Å². The summed E-state index contributed by atoms with van der Waals surface area (Å²) in [7, 11) is 0. The van der Waals surface area contributed by atoms with Gasteiger partial charge in [-0.15, -0.1) is 0 Å². The number of furan rings is 1. The SMILES string of the molecule is CC(C)C12CN3CC(C(C)C)(CN(C1)C3c1ccco1)C2O. The van der Waals surface area contributed by atoms with Crippen LogP contribution in [0.1, 0.15) is 39.6 Å². The van der Waals surface area contributed by atoms with Crippen LogP contribution in [0.4, 0.5) is 0 Å². The Morgan fingerprint density at radius 3 is 1.91 bits per heavy atom. The maximum absolute atomic E-state index is 11.3. The van der Waals surface area contributed by atoms with Gasteiger partial charge in [0, 0.05) is 37.0 Å². The van der Waals surface area contributed by atoms with E-state index in [1.54, 1.807) is 6.26 Å². The summed E-state index contributed by atoms with van der Waals surface area (Å²) < 4.78 is 5.73. The van der Waals surface area contributed by atoms with Crippen LogP contribution < -0.4 is 0 Å². The lowest BCUT2D eigenvalue weighted by Gasteiger charge is -2.71. The molecule has 1 aromatic rings. The molecule has 0 aromatic carbocycles. The molecule has 4 bridgehead atoms. The highest BCUT2D eigenvalue weighted by atomic mass is 16.3. The molecule has 4 aliphatic rings. The molecule has 1 N–H and O–H groups in total. The summed E-state index contributed by atoms with van der Waals surface area (Å²) in [5.41, 5.74) is -0.0201. The number of hydrogen-bond donors (Lipinski definition) is 1. The maximum atomic E-state index is 11.3. The monoisotopic (exact) mass is 304 g/mol. The summed E-state index contributed by atoms with van der Waals surface area (Å²) >= 11 is 0. The summed E-state index contributed by atoms with van der Waals surface area (Å²) in [6.45, 7) is 13.0. The fourth-order valence-corrected chi connectivity index (χ4v) is 5.38. The van der Waals surface area contributed by atoms with E-state index in [-0.39, 0.29) is 23.1 Å². The van der Waals surface area contributed by atoms with Crippen molar-refractivity contribution in [3.05, 3.63) is 24.2 Å². The van der Waals surface area contributed by atoms with E-state index < -0.39 is 0 Å². The van der Waals surface area contributed by atoms with Crippen molar-refractivity contribution in [3.63, 3.8) is 0 Å². The minimum absolute atomic E-state index is 0.0101. The zero-order chi connectivity index (χ0) is 15.7. The smallest absolute Gasteiger partial charge is 0.135 e. The molecular weight excluding hydrogens is 276 g/mol. The van der Waals surface area contributed by atoms with Crippen LogP contribution in [0.25, 0.3) is 0 Å². The number of aliphatic hydroxyl groups excluding tert-OH is 1. The van der Waals surface area contributed by atoms with Crippen molar-refractivity contribution in [2.45, 2.75) is 40.0 Å². The largest absolute Gasteiger partial charge is 0.466 e. The Kier molecular flexibility index (Phi) is 3.07. The third-order valence-electron chi connectivity index (χ3n) is 6.87. The Morgan fingerprint density at radius 1 is 1.05 bits per heavy atom. The van der Waals surface area contributed by atoms with Crippen molar-refractivity contribution < 1.29 is 9.52 Å². The molecule has 0 radical (unpaired) electrons. The first-order valence-corrected chi connectivity index (χ1v) is 8.60. The molecular formula is C18H28N2O2. The molecule has 0 aliphatic carbocycles. The van der Waals surface area contributed by atoms with Gasteiger partial charge in [0.05, 0.1) is 12.4 Å². The van der Waals surface area contributed by atoms with E-state index in [9.17, 15) is 5.11 Å². The van der Waals surface area contributed by atoms with E-state index in [2.05, 4.69) is 43.6 Å². The Balaban J connectivity index is 1.79. The van der Waals surface area contributed by atoms with Crippen molar-refractivity contribution in [3.8, 4) is 0 Å². The third-order valence-corrected chi connectivity index (χ3v) is 6.87. The molecule has 0 spiro atoms. The van der Waals surface area contributed by atoms with Crippen LogP contribution in [0.3, 0.4) is 0 Å². The number of aliphatic hydroxyl groups is 1. The molecule has 4 fully saturated rings. The van der Waals surface area contributed by atoms with E-state index >= 15 is 0 Å². The second-order valence-corrected chi connectivity index (χ2v) is 8.38. The molecule has 0 unspecified atom stereocenters. The molecule has 22 heavy (non-hydrogen) atoms. The Labute approximate surface area is 133 Å². The topological polar surface area (TPSA) is 39.9 Å². The summed E-state index contributed by atoms with van der Waals surface area (Å²) in [4.78, 5) is 5.11. The highest BCUT2D eigenvalue weighted by Gasteiger charge is 2.67. The predicted octanol–water partition coefficient (Wildman–Crippen LogP) is 2.57. The van der Waals surface area contributed by atoms with Gasteiger partial charge < -0.3 is 9.52 Å². The van der Waals surface area contributed by atoms with Crippen LogP contribution in [0.2, 0.25) is 0 Å². The van der Waals surface area contributed by atoms with Gasteiger partial charge in [-0.25, -0.2) is 0 Å². The highest BCUT2D eigenvalue weighted by molar-refractivity contribution is 5.20. The minimum atomic E-state index is -0.204. The van der Waals surface area contributed by atoms with Crippen LogP contribution in [0, 0.1) is 22.7 Å². The molecule has 1 aromatic heterocycles. The quantitative estimate of drug-likeness (QED) is 0.932. The second-order valence-electron chi connectivity index (χ2n) is 8.38. The molecule has 5 heterocycles. The number of piperidine rings is 2. The minimum Gasteiger partial charge on any atom is -0.466 e. The van der Waals surface area contributed by atoms with Crippen molar-refractivity contribution in [2.24, 2.45) is 22.7 Å². The fraction of sp³-hybridized carbons (Fsp3) is 0.778. The lowest BCUT2D eigenvalue weighted by Crippen LogP contribution is -2.80. The van der Waals surface area contributed by atoms with Crippen molar-refractivity contribution in [1.29, 1.82) is 0 Å². The molecule has 4 nitrogen and oxygen atoms in total. The molecule has 0 atom stereocenters. The first-order chi connectivity index (χ1) is 10.4. The van der Waals surface area contributed by atoms with E-state index in [1.165, 1.54) is 0 Å². The van der Waals surface area contributed by atoms with Crippen molar-refractivity contribution >= 4 is 0 Å². The van der Waals surface area contributed by atoms with Crippen LogP contribution in [0.5, 0.6) is 0 Å². The van der Waals surface area contributed by atoms with Crippen LogP contribution in [0.15, 0.2) is 22.8 Å². The Bertz CT molecular complexity index is 507. The van der Waals surface area contributed by atoms with Gasteiger partial charge in [-0.05, 0) is 24.0 Å². The number of hydrogen-bond acceptors (Lipinski definition) is 4. The fourth-order valence-electron chi connectivity index (χ4n) is 5.38. The van der Waals surface area contributed by atoms with Gasteiger partial charge in [0.25, 0.3) is 0 Å². The number of nitrogens with zero attached hydrogens (tertiary/aromatic N) is 2. The molecule has 4 aliphatic heterocycles. The van der Waals surface area contributed by atoms with Crippen molar-refractivity contribution in [2.75, 3.05) is 26.2 Å². The zero-order valence-corrected chi connectivity index (χ0v) is 14.1. The highest BCUT2D eigenvalue weighted by Crippen LogP contribution is 2.59. The standard InChI is InChI=1S/C18H28N2O2/c1-12(2)17-8-19-10-18(13(3)4,16(17)21)11-20(9-17)15(19)14-6-5-7-22-14/h5-7,12-13,15-16,21H,8-11H2,1-4H3. The van der Waals surface area contributed by atoms with Crippen LogP contribution >= 0.6 is 0 Å². The molecule has 122 valence electrons. The van der Waals surface area contributed by atoms with Gasteiger partial charge in [0.1, 0.15) is 11.9 Å². The molecule has 0 saturated carbocycles. The second kappa shape index (κ2) is 4.59. The third kappa shape index (κ3) is 1.64. The lowest BCUT2D eigenvalue weighted by atomic mass is 9.52. The van der Waals surface area contributed by atoms with E-state index in [0.29, 0.717) is 11.8 Å². The number of rotatable bonds is 3. The Morgan fingerprint density at radius 2 is 1.55 bits per heavy atom. The summed E-state index contributed by atoms with van der Waals surface area (Å²) in [6, 6.07) is 4.07. The van der Waals surface area contributed by atoms with E-state index in [1.807, 2.05) is 6.07 Å². The van der Waals surface area contributed by atoms with Gasteiger partial charge in [-0.2, -0.15) is 0 Å². The Hall–Kier alpha value is -0.840. The van der Waals surface area contributed by atoms with Gasteiger partial charge >= 0.3 is 0 Å². The molecule has 5 rings (SSSR count). The molecule has 4 saturated heterocycles. The normalized spacial score (nSPS) is 46.9. The summed E-state index contributed by atoms with van der Waals surface area (Å²) in [6.07, 6.45) is 1.82.